The number of rotatable bonds is 10. The molecule has 0 radical (unpaired) electrons. The van der Waals surface area contributed by atoms with Crippen LogP contribution < -0.4 is 5.32 Å². The van der Waals surface area contributed by atoms with E-state index in [-0.39, 0.29) is 11.9 Å². The molecule has 2 aromatic carbocycles. The molecule has 1 N–H and O–H groups in total. The van der Waals surface area contributed by atoms with Gasteiger partial charge in [0.25, 0.3) is 0 Å². The number of para-hydroxylation sites is 1. The van der Waals surface area contributed by atoms with Crippen LogP contribution in [0.3, 0.4) is 0 Å². The van der Waals surface area contributed by atoms with Crippen molar-refractivity contribution >= 4 is 30.8 Å². The molecule has 1 heterocycles. The SMILES string of the molecule is CC[Si](CC)(CC)OC(CNCc1ccc(F)cc1)c1c(Cl)cnc2ccccc12. The smallest absolute Gasteiger partial charge is 0.192 e. The first kappa shape index (κ1) is 22.9. The molecule has 3 nitrogen and oxygen atoms in total. The summed E-state index contributed by atoms with van der Waals surface area (Å²) in [4.78, 5) is 4.48. The number of nitrogens with one attached hydrogen (secondary N) is 1. The van der Waals surface area contributed by atoms with Gasteiger partial charge >= 0.3 is 0 Å². The standard InChI is InChI=1S/C24H30ClFN2OSi/c1-4-30(5-2,6-3)29-23(17-27-15-18-11-13-19(26)14-12-18)24-20-9-7-8-10-22(20)28-16-21(24)25/h7-14,16,23,27H,4-6,15,17H2,1-3H3. The first-order valence-electron chi connectivity index (χ1n) is 10.7. The van der Waals surface area contributed by atoms with E-state index >= 15 is 0 Å². The summed E-state index contributed by atoms with van der Waals surface area (Å²) < 4.78 is 20.1. The summed E-state index contributed by atoms with van der Waals surface area (Å²) in [7, 11) is -1.88. The highest BCUT2D eigenvalue weighted by Gasteiger charge is 2.33. The Bertz CT molecular complexity index is 955. The van der Waals surface area contributed by atoms with Gasteiger partial charge in [-0.1, -0.05) is 62.7 Å². The molecule has 3 aromatic rings. The third-order valence-corrected chi connectivity index (χ3v) is 10.9. The van der Waals surface area contributed by atoms with E-state index in [1.807, 2.05) is 18.2 Å². The molecule has 0 spiro atoms. The van der Waals surface area contributed by atoms with Gasteiger partial charge in [0.1, 0.15) is 5.82 Å². The van der Waals surface area contributed by atoms with Crippen molar-refractivity contribution in [2.24, 2.45) is 0 Å². The zero-order chi connectivity index (χ0) is 21.6. The van der Waals surface area contributed by atoms with Crippen LogP contribution in [0.4, 0.5) is 4.39 Å². The van der Waals surface area contributed by atoms with Crippen LogP contribution in [0.15, 0.2) is 54.7 Å². The number of benzene rings is 2. The third-order valence-electron chi connectivity index (χ3n) is 5.99. The van der Waals surface area contributed by atoms with Crippen LogP contribution in [-0.4, -0.2) is 19.8 Å². The van der Waals surface area contributed by atoms with Gasteiger partial charge < -0.3 is 9.74 Å². The fourth-order valence-electron chi connectivity index (χ4n) is 3.92. The number of pyridine rings is 1. The largest absolute Gasteiger partial charge is 0.409 e. The van der Waals surface area contributed by atoms with E-state index in [2.05, 4.69) is 37.1 Å². The van der Waals surface area contributed by atoms with Crippen molar-refractivity contribution in [2.75, 3.05) is 6.54 Å². The maximum absolute atomic E-state index is 13.2. The number of hydrogen-bond acceptors (Lipinski definition) is 3. The summed E-state index contributed by atoms with van der Waals surface area (Å²) in [5.41, 5.74) is 2.95. The summed E-state index contributed by atoms with van der Waals surface area (Å²) in [5.74, 6) is -0.223. The van der Waals surface area contributed by atoms with Crippen LogP contribution >= 0.6 is 11.6 Å². The Balaban J connectivity index is 1.91. The molecule has 1 unspecified atom stereocenters. The molecule has 0 saturated heterocycles. The summed E-state index contributed by atoms with van der Waals surface area (Å²) in [6, 6.07) is 17.8. The first-order valence-corrected chi connectivity index (χ1v) is 13.6. The van der Waals surface area contributed by atoms with Gasteiger partial charge in [-0.2, -0.15) is 0 Å². The van der Waals surface area contributed by atoms with Gasteiger partial charge in [0.15, 0.2) is 8.32 Å². The van der Waals surface area contributed by atoms with Crippen molar-refractivity contribution in [3.05, 3.63) is 76.7 Å². The molecule has 6 heteroatoms. The molecular formula is C24H30ClFN2OSi. The van der Waals surface area contributed by atoms with Crippen molar-refractivity contribution in [1.29, 1.82) is 0 Å². The van der Waals surface area contributed by atoms with Gasteiger partial charge in [0, 0.05) is 30.2 Å². The lowest BCUT2D eigenvalue weighted by molar-refractivity contribution is 0.187. The molecular weight excluding hydrogens is 415 g/mol. The molecule has 1 aromatic heterocycles. The number of halogens is 2. The normalized spacial score (nSPS) is 13.0. The van der Waals surface area contributed by atoms with E-state index < -0.39 is 8.32 Å². The van der Waals surface area contributed by atoms with Gasteiger partial charge in [-0.15, -0.1) is 0 Å². The summed E-state index contributed by atoms with van der Waals surface area (Å²) >= 11 is 6.67. The van der Waals surface area contributed by atoms with E-state index in [1.54, 1.807) is 18.3 Å². The predicted molar refractivity (Wildman–Crippen MR) is 126 cm³/mol. The second kappa shape index (κ2) is 10.5. The number of fused-ring (bicyclic) bond motifs is 1. The Hall–Kier alpha value is -1.79. The maximum atomic E-state index is 13.2. The van der Waals surface area contributed by atoms with Crippen molar-refractivity contribution in [1.82, 2.24) is 10.3 Å². The van der Waals surface area contributed by atoms with E-state index in [0.717, 1.165) is 40.2 Å². The lowest BCUT2D eigenvalue weighted by Crippen LogP contribution is -2.40. The lowest BCUT2D eigenvalue weighted by atomic mass is 10.0. The van der Waals surface area contributed by atoms with Crippen molar-refractivity contribution < 1.29 is 8.82 Å². The molecule has 30 heavy (non-hydrogen) atoms. The topological polar surface area (TPSA) is 34.1 Å². The van der Waals surface area contributed by atoms with Gasteiger partial charge in [-0.05, 0) is 41.9 Å². The molecule has 160 valence electrons. The van der Waals surface area contributed by atoms with Crippen LogP contribution in [0.1, 0.15) is 38.0 Å². The van der Waals surface area contributed by atoms with Gasteiger partial charge in [0.05, 0.1) is 16.6 Å². The minimum atomic E-state index is -1.88. The molecule has 0 aliphatic carbocycles. The molecule has 0 aliphatic rings. The Labute approximate surface area is 184 Å². The molecule has 3 rings (SSSR count). The zero-order valence-corrected chi connectivity index (χ0v) is 19.7. The Morgan fingerprint density at radius 1 is 1.03 bits per heavy atom. The second-order valence-corrected chi connectivity index (χ2v) is 12.8. The molecule has 0 amide bonds. The molecule has 0 bridgehead atoms. The van der Waals surface area contributed by atoms with Crippen LogP contribution in [0.2, 0.25) is 23.2 Å². The molecule has 1 atom stereocenters. The van der Waals surface area contributed by atoms with Gasteiger partial charge in [-0.3, -0.25) is 4.98 Å². The van der Waals surface area contributed by atoms with Crippen molar-refractivity contribution in [3.63, 3.8) is 0 Å². The molecule has 0 fully saturated rings. The van der Waals surface area contributed by atoms with Crippen LogP contribution in [-0.2, 0) is 11.0 Å². The second-order valence-electron chi connectivity index (χ2n) is 7.64. The zero-order valence-electron chi connectivity index (χ0n) is 17.9. The Kier molecular flexibility index (Phi) is 8.00. The summed E-state index contributed by atoms with van der Waals surface area (Å²) in [6.45, 7) is 7.96. The van der Waals surface area contributed by atoms with E-state index in [0.29, 0.717) is 18.1 Å². The van der Waals surface area contributed by atoms with Crippen molar-refractivity contribution in [3.8, 4) is 0 Å². The quantitative estimate of drug-likeness (QED) is 0.346. The highest BCUT2D eigenvalue weighted by atomic mass is 35.5. The minimum absolute atomic E-state index is 0.169. The summed E-state index contributed by atoms with van der Waals surface area (Å²) in [5, 5.41) is 5.17. The minimum Gasteiger partial charge on any atom is -0.409 e. The third kappa shape index (κ3) is 5.27. The summed E-state index contributed by atoms with van der Waals surface area (Å²) in [6.07, 6.45) is 1.56. The number of aromatic nitrogens is 1. The number of nitrogens with zero attached hydrogens (tertiary/aromatic N) is 1. The average Bonchev–Trinajstić information content (AvgIpc) is 2.78. The molecule has 0 saturated carbocycles. The fourth-order valence-corrected chi connectivity index (χ4v) is 7.00. The van der Waals surface area contributed by atoms with E-state index in [9.17, 15) is 4.39 Å². The maximum Gasteiger partial charge on any atom is 0.192 e. The van der Waals surface area contributed by atoms with Gasteiger partial charge in [-0.25, -0.2) is 4.39 Å². The highest BCUT2D eigenvalue weighted by molar-refractivity contribution is 6.73. The van der Waals surface area contributed by atoms with Crippen LogP contribution in [0, 0.1) is 5.82 Å². The Morgan fingerprint density at radius 2 is 1.70 bits per heavy atom. The molecule has 0 aliphatic heterocycles. The van der Waals surface area contributed by atoms with E-state index in [1.165, 1.54) is 12.1 Å². The predicted octanol–water partition coefficient (Wildman–Crippen LogP) is 6.88. The first-order chi connectivity index (χ1) is 14.5. The average molecular weight is 445 g/mol. The van der Waals surface area contributed by atoms with Crippen LogP contribution in [0.25, 0.3) is 10.9 Å². The highest BCUT2D eigenvalue weighted by Crippen LogP contribution is 2.36. The van der Waals surface area contributed by atoms with Gasteiger partial charge in [0.2, 0.25) is 0 Å². The fraction of sp³-hybridized carbons (Fsp3) is 0.375. The van der Waals surface area contributed by atoms with E-state index in [4.69, 9.17) is 16.0 Å². The van der Waals surface area contributed by atoms with Crippen LogP contribution in [0.5, 0.6) is 0 Å². The van der Waals surface area contributed by atoms with Crippen molar-refractivity contribution in [2.45, 2.75) is 51.6 Å². The number of hydrogen-bond donors (Lipinski definition) is 1. The monoisotopic (exact) mass is 444 g/mol. The Morgan fingerprint density at radius 3 is 2.37 bits per heavy atom. The lowest BCUT2D eigenvalue weighted by Gasteiger charge is -2.34.